The maximum atomic E-state index is 10.3. The fraction of sp³-hybridized carbons (Fsp3) is 0.647. The van der Waals surface area contributed by atoms with Crippen LogP contribution in [0.5, 0.6) is 0 Å². The van der Waals surface area contributed by atoms with Gasteiger partial charge in [0.15, 0.2) is 0 Å². The quantitative estimate of drug-likeness (QED) is 0.898. The van der Waals surface area contributed by atoms with Crippen molar-refractivity contribution in [3.05, 3.63) is 35.4 Å². The molecule has 1 aromatic carbocycles. The molecule has 0 bridgehead atoms. The van der Waals surface area contributed by atoms with Crippen molar-refractivity contribution in [3.8, 4) is 0 Å². The lowest BCUT2D eigenvalue weighted by molar-refractivity contribution is 0.0854. The van der Waals surface area contributed by atoms with Crippen LogP contribution in [0.25, 0.3) is 0 Å². The van der Waals surface area contributed by atoms with Gasteiger partial charge in [-0.1, -0.05) is 49.9 Å². The van der Waals surface area contributed by atoms with Gasteiger partial charge in [0.1, 0.15) is 0 Å². The van der Waals surface area contributed by atoms with Gasteiger partial charge in [0.25, 0.3) is 0 Å². The molecule has 1 fully saturated rings. The van der Waals surface area contributed by atoms with Gasteiger partial charge < -0.3 is 5.11 Å². The van der Waals surface area contributed by atoms with E-state index in [-0.39, 0.29) is 6.10 Å². The summed E-state index contributed by atoms with van der Waals surface area (Å²) in [5, 5.41) is 10.3. The van der Waals surface area contributed by atoms with Gasteiger partial charge in [-0.05, 0) is 29.9 Å². The van der Waals surface area contributed by atoms with Crippen LogP contribution in [0.3, 0.4) is 0 Å². The second-order valence-electron chi connectivity index (χ2n) is 6.29. The molecule has 19 heavy (non-hydrogen) atoms. The average Bonchev–Trinajstić information content (AvgIpc) is 2.91. The van der Waals surface area contributed by atoms with E-state index in [4.69, 9.17) is 0 Å². The summed E-state index contributed by atoms with van der Waals surface area (Å²) in [5.74, 6) is 0.784. The molecule has 1 unspecified atom stereocenters. The van der Waals surface area contributed by atoms with Crippen LogP contribution >= 0.6 is 0 Å². The van der Waals surface area contributed by atoms with Crippen LogP contribution < -0.4 is 0 Å². The highest BCUT2D eigenvalue weighted by Crippen LogP contribution is 2.29. The molecule has 104 valence electrons. The molecule has 0 saturated heterocycles. The summed E-state index contributed by atoms with van der Waals surface area (Å²) in [5.41, 5.74) is 2.94. The third-order valence-electron chi connectivity index (χ3n) is 4.76. The van der Waals surface area contributed by atoms with Crippen LogP contribution in [0.1, 0.15) is 43.2 Å². The Kier molecular flexibility index (Phi) is 4.19. The molecular weight excluding hydrogens is 234 g/mol. The number of fused-ring (bicyclic) bond motifs is 1. The Morgan fingerprint density at radius 2 is 1.89 bits per heavy atom. The van der Waals surface area contributed by atoms with Crippen molar-refractivity contribution in [2.24, 2.45) is 5.92 Å². The Morgan fingerprint density at radius 3 is 2.68 bits per heavy atom. The van der Waals surface area contributed by atoms with Gasteiger partial charge in [0.2, 0.25) is 0 Å². The minimum atomic E-state index is -0.131. The zero-order chi connectivity index (χ0) is 13.1. The highest BCUT2D eigenvalue weighted by atomic mass is 16.3. The second-order valence-corrected chi connectivity index (χ2v) is 6.29. The van der Waals surface area contributed by atoms with Gasteiger partial charge in [-0.15, -0.1) is 0 Å². The van der Waals surface area contributed by atoms with Gasteiger partial charge in [-0.2, -0.15) is 0 Å². The van der Waals surface area contributed by atoms with E-state index in [1.807, 2.05) is 0 Å². The maximum Gasteiger partial charge on any atom is 0.0669 e. The third kappa shape index (κ3) is 3.37. The van der Waals surface area contributed by atoms with Crippen molar-refractivity contribution in [1.29, 1.82) is 0 Å². The van der Waals surface area contributed by atoms with Gasteiger partial charge in [-0.3, -0.25) is 4.90 Å². The number of hydrogen-bond donors (Lipinski definition) is 1. The van der Waals surface area contributed by atoms with E-state index >= 15 is 0 Å². The largest absolute Gasteiger partial charge is 0.392 e. The molecule has 2 aliphatic rings. The van der Waals surface area contributed by atoms with E-state index in [0.29, 0.717) is 0 Å². The minimum Gasteiger partial charge on any atom is -0.392 e. The normalized spacial score (nSPS) is 22.4. The molecule has 0 aromatic heterocycles. The maximum absolute atomic E-state index is 10.3. The van der Waals surface area contributed by atoms with Crippen LogP contribution in [0.2, 0.25) is 0 Å². The lowest BCUT2D eigenvalue weighted by Gasteiger charge is -2.31. The Bertz CT molecular complexity index is 411. The van der Waals surface area contributed by atoms with E-state index in [1.165, 1.54) is 36.8 Å². The monoisotopic (exact) mass is 259 g/mol. The number of benzene rings is 1. The molecule has 2 heteroatoms. The predicted molar refractivity (Wildman–Crippen MR) is 78.0 cm³/mol. The van der Waals surface area contributed by atoms with Crippen molar-refractivity contribution >= 4 is 0 Å². The molecule has 1 aliphatic carbocycles. The molecule has 1 aromatic rings. The second kappa shape index (κ2) is 6.06. The summed E-state index contributed by atoms with van der Waals surface area (Å²) in [6.45, 7) is 2.96. The van der Waals surface area contributed by atoms with Crippen LogP contribution in [0.4, 0.5) is 0 Å². The zero-order valence-electron chi connectivity index (χ0n) is 11.7. The first-order chi connectivity index (χ1) is 9.31. The first-order valence-electron chi connectivity index (χ1n) is 7.78. The Morgan fingerprint density at radius 1 is 1.16 bits per heavy atom. The summed E-state index contributed by atoms with van der Waals surface area (Å²) in [4.78, 5) is 2.42. The summed E-state index contributed by atoms with van der Waals surface area (Å²) >= 11 is 0. The fourth-order valence-electron chi connectivity index (χ4n) is 3.71. The Balaban J connectivity index is 1.51. The summed E-state index contributed by atoms with van der Waals surface area (Å²) in [6.07, 6.45) is 7.42. The van der Waals surface area contributed by atoms with Crippen molar-refractivity contribution in [2.75, 3.05) is 13.1 Å². The Labute approximate surface area is 116 Å². The van der Waals surface area contributed by atoms with E-state index in [1.54, 1.807) is 0 Å². The van der Waals surface area contributed by atoms with Crippen molar-refractivity contribution < 1.29 is 5.11 Å². The fourth-order valence-corrected chi connectivity index (χ4v) is 3.71. The van der Waals surface area contributed by atoms with Gasteiger partial charge in [-0.25, -0.2) is 0 Å². The number of hydrogen-bond acceptors (Lipinski definition) is 2. The standard InChI is InChI=1S/C17H25NO/c19-17(11-14-5-1-2-6-14)13-18-10-9-15-7-3-4-8-16(15)12-18/h3-4,7-8,14,17,19H,1-2,5-6,9-13H2. The van der Waals surface area contributed by atoms with E-state index in [2.05, 4.69) is 29.2 Å². The minimum absolute atomic E-state index is 0.131. The first-order valence-corrected chi connectivity index (χ1v) is 7.78. The molecule has 1 aliphatic heterocycles. The SMILES string of the molecule is OC(CC1CCCC1)CN1CCc2ccccc2C1. The highest BCUT2D eigenvalue weighted by molar-refractivity contribution is 5.29. The van der Waals surface area contributed by atoms with E-state index in [9.17, 15) is 5.11 Å². The number of nitrogens with zero attached hydrogens (tertiary/aromatic N) is 1. The average molecular weight is 259 g/mol. The van der Waals surface area contributed by atoms with Crippen LogP contribution in [-0.2, 0) is 13.0 Å². The Hall–Kier alpha value is -0.860. The molecule has 1 atom stereocenters. The number of aliphatic hydroxyl groups excluding tert-OH is 1. The number of β-amino-alcohol motifs (C(OH)–C–C–N with tert-alkyl or cyclic N) is 1. The molecule has 0 amide bonds. The molecular formula is C17H25NO. The van der Waals surface area contributed by atoms with E-state index in [0.717, 1.165) is 38.4 Å². The van der Waals surface area contributed by atoms with Crippen LogP contribution in [0.15, 0.2) is 24.3 Å². The van der Waals surface area contributed by atoms with Gasteiger partial charge in [0, 0.05) is 19.6 Å². The van der Waals surface area contributed by atoms with Gasteiger partial charge >= 0.3 is 0 Å². The van der Waals surface area contributed by atoms with Crippen molar-refractivity contribution in [3.63, 3.8) is 0 Å². The molecule has 0 radical (unpaired) electrons. The van der Waals surface area contributed by atoms with Crippen LogP contribution in [-0.4, -0.2) is 29.2 Å². The summed E-state index contributed by atoms with van der Waals surface area (Å²) < 4.78 is 0. The molecule has 0 spiro atoms. The first kappa shape index (κ1) is 13.1. The van der Waals surface area contributed by atoms with Crippen LogP contribution in [0, 0.1) is 5.92 Å². The lowest BCUT2D eigenvalue weighted by atomic mass is 9.97. The van der Waals surface area contributed by atoms with Crippen molar-refractivity contribution in [2.45, 2.75) is 51.2 Å². The highest BCUT2D eigenvalue weighted by Gasteiger charge is 2.22. The predicted octanol–water partition coefficient (Wildman–Crippen LogP) is 2.99. The lowest BCUT2D eigenvalue weighted by Crippen LogP contribution is -2.37. The smallest absolute Gasteiger partial charge is 0.0669 e. The number of rotatable bonds is 4. The van der Waals surface area contributed by atoms with Crippen molar-refractivity contribution in [1.82, 2.24) is 4.90 Å². The molecule has 2 nitrogen and oxygen atoms in total. The zero-order valence-corrected chi connectivity index (χ0v) is 11.7. The molecule has 3 rings (SSSR count). The van der Waals surface area contributed by atoms with E-state index < -0.39 is 0 Å². The molecule has 1 N–H and O–H groups in total. The van der Waals surface area contributed by atoms with Gasteiger partial charge in [0.05, 0.1) is 6.10 Å². The topological polar surface area (TPSA) is 23.5 Å². The number of aliphatic hydroxyl groups is 1. The molecule has 1 heterocycles. The summed E-state index contributed by atoms with van der Waals surface area (Å²) in [7, 11) is 0. The third-order valence-corrected chi connectivity index (χ3v) is 4.76. The molecule has 1 saturated carbocycles. The summed E-state index contributed by atoms with van der Waals surface area (Å²) in [6, 6.07) is 8.72.